The summed E-state index contributed by atoms with van der Waals surface area (Å²) in [6.45, 7) is 2.29. The zero-order valence-electron chi connectivity index (χ0n) is 16.1. The number of hydrogen-bond donors (Lipinski definition) is 1. The molecule has 0 saturated carbocycles. The molecule has 5 heteroatoms. The van der Waals surface area contributed by atoms with E-state index in [0.717, 1.165) is 38.6 Å². The van der Waals surface area contributed by atoms with Crippen LogP contribution in [0.5, 0.6) is 5.75 Å². The van der Waals surface area contributed by atoms with Gasteiger partial charge in [-0.3, -0.25) is 4.79 Å². The molecular weight excluding hydrogens is 355 g/mol. The minimum Gasteiger partial charge on any atom is -0.490 e. The maximum atomic E-state index is 13.4. The topological polar surface area (TPSA) is 41.6 Å². The van der Waals surface area contributed by atoms with Gasteiger partial charge in [0, 0.05) is 25.9 Å². The number of halogens is 1. The van der Waals surface area contributed by atoms with Gasteiger partial charge in [0.15, 0.2) is 0 Å². The van der Waals surface area contributed by atoms with E-state index in [2.05, 4.69) is 17.4 Å². The molecule has 148 valence electrons. The lowest BCUT2D eigenvalue weighted by Crippen LogP contribution is -2.58. The highest BCUT2D eigenvalue weighted by atomic mass is 19.1. The van der Waals surface area contributed by atoms with Gasteiger partial charge in [-0.2, -0.15) is 0 Å². The minimum absolute atomic E-state index is 0.0659. The van der Waals surface area contributed by atoms with Crippen molar-refractivity contribution in [2.24, 2.45) is 0 Å². The monoisotopic (exact) mass is 382 g/mol. The average Bonchev–Trinajstić information content (AvgIpc) is 3.20. The molecule has 2 heterocycles. The Labute approximate surface area is 165 Å². The number of likely N-dealkylation sites (tertiary alicyclic amines) is 1. The number of carbonyl (C=O) groups is 1. The Balaban J connectivity index is 1.37. The van der Waals surface area contributed by atoms with Crippen LogP contribution in [0.4, 0.5) is 4.39 Å². The third-order valence-corrected chi connectivity index (χ3v) is 5.85. The van der Waals surface area contributed by atoms with E-state index in [0.29, 0.717) is 18.8 Å². The minimum atomic E-state index is -0.480. The Morgan fingerprint density at radius 3 is 2.46 bits per heavy atom. The first-order valence-corrected chi connectivity index (χ1v) is 10.2. The van der Waals surface area contributed by atoms with Crippen molar-refractivity contribution >= 4 is 5.91 Å². The van der Waals surface area contributed by atoms with Gasteiger partial charge in [0.1, 0.15) is 23.2 Å². The van der Waals surface area contributed by atoms with Crippen molar-refractivity contribution in [3.8, 4) is 5.75 Å². The lowest BCUT2D eigenvalue weighted by molar-refractivity contribution is -0.139. The first-order chi connectivity index (χ1) is 13.6. The number of nitrogens with one attached hydrogen (secondary N) is 1. The molecule has 2 aliphatic heterocycles. The van der Waals surface area contributed by atoms with Crippen LogP contribution >= 0.6 is 0 Å². The number of nitrogens with zero attached hydrogens (tertiary/aromatic N) is 1. The van der Waals surface area contributed by atoms with E-state index >= 15 is 0 Å². The van der Waals surface area contributed by atoms with E-state index < -0.39 is 5.54 Å². The number of hydrogen-bond acceptors (Lipinski definition) is 3. The van der Waals surface area contributed by atoms with E-state index in [1.165, 1.54) is 17.7 Å². The molecule has 1 N–H and O–H groups in total. The van der Waals surface area contributed by atoms with Gasteiger partial charge in [-0.15, -0.1) is 0 Å². The Hall–Kier alpha value is -2.40. The van der Waals surface area contributed by atoms with Gasteiger partial charge >= 0.3 is 0 Å². The van der Waals surface area contributed by atoms with E-state index in [9.17, 15) is 9.18 Å². The van der Waals surface area contributed by atoms with Crippen molar-refractivity contribution in [1.29, 1.82) is 0 Å². The van der Waals surface area contributed by atoms with Crippen molar-refractivity contribution in [2.45, 2.75) is 43.7 Å². The molecule has 2 aromatic rings. The summed E-state index contributed by atoms with van der Waals surface area (Å²) in [4.78, 5) is 15.4. The molecule has 0 unspecified atom stereocenters. The summed E-state index contributed by atoms with van der Waals surface area (Å²) < 4.78 is 19.0. The number of benzene rings is 2. The largest absolute Gasteiger partial charge is 0.490 e. The van der Waals surface area contributed by atoms with Gasteiger partial charge in [0.05, 0.1) is 0 Å². The van der Waals surface area contributed by atoms with Gasteiger partial charge in [0.25, 0.3) is 0 Å². The molecule has 1 amide bonds. The van der Waals surface area contributed by atoms with Gasteiger partial charge in [-0.1, -0.05) is 30.3 Å². The summed E-state index contributed by atoms with van der Waals surface area (Å²) in [6.07, 6.45) is 4.31. The fraction of sp³-hybridized carbons (Fsp3) is 0.435. The molecule has 0 spiro atoms. The quantitative estimate of drug-likeness (QED) is 0.860. The van der Waals surface area contributed by atoms with E-state index in [-0.39, 0.29) is 17.8 Å². The van der Waals surface area contributed by atoms with Crippen molar-refractivity contribution in [3.63, 3.8) is 0 Å². The summed E-state index contributed by atoms with van der Waals surface area (Å²) in [6, 6.07) is 16.4. The second-order valence-electron chi connectivity index (χ2n) is 7.84. The molecule has 4 rings (SSSR count). The van der Waals surface area contributed by atoms with Gasteiger partial charge in [-0.05, 0) is 55.6 Å². The number of carbonyl (C=O) groups excluding carboxylic acids is 1. The number of amides is 1. The first-order valence-electron chi connectivity index (χ1n) is 10.2. The standard InChI is InChI=1S/C23H27FN2O2/c24-19-7-9-20(10-8-19)28-21-11-15-26(16-12-21)22(27)23(13-4-14-25-23)17-18-5-2-1-3-6-18/h1-3,5-10,21,25H,4,11-17H2/t23-/m0/s1. The van der Waals surface area contributed by atoms with Crippen LogP contribution < -0.4 is 10.1 Å². The van der Waals surface area contributed by atoms with Gasteiger partial charge < -0.3 is 15.0 Å². The number of rotatable bonds is 5. The zero-order valence-corrected chi connectivity index (χ0v) is 16.1. The third-order valence-electron chi connectivity index (χ3n) is 5.85. The lowest BCUT2D eigenvalue weighted by Gasteiger charge is -2.38. The van der Waals surface area contributed by atoms with E-state index in [4.69, 9.17) is 4.74 Å². The number of piperidine rings is 1. The highest BCUT2D eigenvalue weighted by Gasteiger charge is 2.44. The fourth-order valence-electron chi connectivity index (χ4n) is 4.34. The molecule has 2 fully saturated rings. The molecule has 4 nitrogen and oxygen atoms in total. The SMILES string of the molecule is O=C(N1CCC(Oc2ccc(F)cc2)CC1)[C@@]1(Cc2ccccc2)CCCN1. The molecule has 0 bridgehead atoms. The number of ether oxygens (including phenoxy) is 1. The molecule has 0 aliphatic carbocycles. The summed E-state index contributed by atoms with van der Waals surface area (Å²) >= 11 is 0. The molecular formula is C23H27FN2O2. The van der Waals surface area contributed by atoms with Crippen LogP contribution in [0.25, 0.3) is 0 Å². The van der Waals surface area contributed by atoms with Crippen LogP contribution in [0, 0.1) is 5.82 Å². The van der Waals surface area contributed by atoms with Crippen LogP contribution in [0.15, 0.2) is 54.6 Å². The molecule has 2 aliphatic rings. The summed E-state index contributed by atoms with van der Waals surface area (Å²) in [7, 11) is 0. The molecule has 2 saturated heterocycles. The highest BCUT2D eigenvalue weighted by Crippen LogP contribution is 2.29. The van der Waals surface area contributed by atoms with Crippen LogP contribution in [-0.2, 0) is 11.2 Å². The molecule has 0 aromatic heterocycles. The van der Waals surface area contributed by atoms with Crippen molar-refractivity contribution in [2.75, 3.05) is 19.6 Å². The van der Waals surface area contributed by atoms with Crippen LogP contribution in [0.3, 0.4) is 0 Å². The van der Waals surface area contributed by atoms with Crippen molar-refractivity contribution in [1.82, 2.24) is 10.2 Å². The normalized spacial score (nSPS) is 23.0. The molecule has 1 atom stereocenters. The molecule has 0 radical (unpaired) electrons. The van der Waals surface area contributed by atoms with Crippen LogP contribution in [-0.4, -0.2) is 42.1 Å². The van der Waals surface area contributed by atoms with E-state index in [1.807, 2.05) is 23.1 Å². The fourth-order valence-corrected chi connectivity index (χ4v) is 4.34. The summed E-state index contributed by atoms with van der Waals surface area (Å²) in [5, 5.41) is 3.51. The highest BCUT2D eigenvalue weighted by molar-refractivity contribution is 5.87. The van der Waals surface area contributed by atoms with Gasteiger partial charge in [0.2, 0.25) is 5.91 Å². The smallest absolute Gasteiger partial charge is 0.243 e. The summed E-state index contributed by atoms with van der Waals surface area (Å²) in [5.74, 6) is 0.638. The Morgan fingerprint density at radius 2 is 1.82 bits per heavy atom. The average molecular weight is 382 g/mol. The second-order valence-corrected chi connectivity index (χ2v) is 7.84. The third kappa shape index (κ3) is 4.20. The Morgan fingerprint density at radius 1 is 1.11 bits per heavy atom. The van der Waals surface area contributed by atoms with Crippen molar-refractivity contribution in [3.05, 3.63) is 66.0 Å². The summed E-state index contributed by atoms with van der Waals surface area (Å²) in [5.41, 5.74) is 0.714. The van der Waals surface area contributed by atoms with Gasteiger partial charge in [-0.25, -0.2) is 4.39 Å². The van der Waals surface area contributed by atoms with E-state index in [1.54, 1.807) is 12.1 Å². The van der Waals surface area contributed by atoms with Crippen LogP contribution in [0.2, 0.25) is 0 Å². The Kier molecular flexibility index (Phi) is 5.62. The molecule has 2 aromatic carbocycles. The van der Waals surface area contributed by atoms with Crippen molar-refractivity contribution < 1.29 is 13.9 Å². The second kappa shape index (κ2) is 8.31. The predicted molar refractivity (Wildman–Crippen MR) is 107 cm³/mol. The lowest BCUT2D eigenvalue weighted by atomic mass is 9.87. The first kappa shape index (κ1) is 18.9. The van der Waals surface area contributed by atoms with Crippen LogP contribution in [0.1, 0.15) is 31.2 Å². The molecule has 28 heavy (non-hydrogen) atoms. The maximum Gasteiger partial charge on any atom is 0.243 e. The predicted octanol–water partition coefficient (Wildman–Crippen LogP) is 3.56. The Bertz CT molecular complexity index is 780. The zero-order chi connectivity index (χ0) is 19.4. The maximum absolute atomic E-state index is 13.4.